The lowest BCUT2D eigenvalue weighted by Crippen LogP contribution is -2.03. The summed E-state index contributed by atoms with van der Waals surface area (Å²) in [6, 6.07) is 6.00. The predicted octanol–water partition coefficient (Wildman–Crippen LogP) is 5.17. The molecule has 1 nitrogen and oxygen atoms in total. The number of benzene rings is 1. The molecule has 0 N–H and O–H groups in total. The van der Waals surface area contributed by atoms with Gasteiger partial charge in [-0.1, -0.05) is 42.3 Å². The van der Waals surface area contributed by atoms with E-state index < -0.39 is 0 Å². The molecule has 0 aromatic heterocycles. The van der Waals surface area contributed by atoms with Crippen molar-refractivity contribution in [3.05, 3.63) is 28.2 Å². The SMILES string of the molecule is CCOc1ccc(C(Cl)C(C)CC)c(Br)c1. The maximum absolute atomic E-state index is 6.42. The third kappa shape index (κ3) is 3.39. The van der Waals surface area contributed by atoms with Crippen LogP contribution >= 0.6 is 27.5 Å². The first-order chi connectivity index (χ1) is 7.60. The summed E-state index contributed by atoms with van der Waals surface area (Å²) >= 11 is 9.97. The van der Waals surface area contributed by atoms with Crippen LogP contribution in [0.2, 0.25) is 0 Å². The summed E-state index contributed by atoms with van der Waals surface area (Å²) in [5.74, 6) is 1.35. The van der Waals surface area contributed by atoms with Gasteiger partial charge >= 0.3 is 0 Å². The fraction of sp³-hybridized carbons (Fsp3) is 0.538. The van der Waals surface area contributed by atoms with Crippen molar-refractivity contribution in [1.82, 2.24) is 0 Å². The Balaban J connectivity index is 2.89. The molecule has 1 aromatic carbocycles. The average Bonchev–Trinajstić information content (AvgIpc) is 2.28. The molecular weight excluding hydrogens is 287 g/mol. The van der Waals surface area contributed by atoms with Crippen LogP contribution in [0.1, 0.15) is 38.1 Å². The minimum Gasteiger partial charge on any atom is -0.494 e. The Morgan fingerprint density at radius 3 is 2.56 bits per heavy atom. The monoisotopic (exact) mass is 304 g/mol. The van der Waals surface area contributed by atoms with Gasteiger partial charge in [-0.05, 0) is 30.5 Å². The van der Waals surface area contributed by atoms with E-state index in [2.05, 4.69) is 29.8 Å². The number of hydrogen-bond donors (Lipinski definition) is 0. The van der Waals surface area contributed by atoms with Crippen LogP contribution in [0.3, 0.4) is 0 Å². The number of rotatable bonds is 5. The van der Waals surface area contributed by atoms with Crippen molar-refractivity contribution >= 4 is 27.5 Å². The Kier molecular flexibility index (Phi) is 5.63. The van der Waals surface area contributed by atoms with Gasteiger partial charge in [-0.25, -0.2) is 0 Å². The first kappa shape index (κ1) is 13.9. The Morgan fingerprint density at radius 2 is 2.06 bits per heavy atom. The molecule has 0 saturated carbocycles. The molecule has 0 saturated heterocycles. The van der Waals surface area contributed by atoms with Gasteiger partial charge in [0.1, 0.15) is 5.75 Å². The first-order valence-electron chi connectivity index (χ1n) is 5.66. The van der Waals surface area contributed by atoms with Crippen molar-refractivity contribution in [3.8, 4) is 5.75 Å². The van der Waals surface area contributed by atoms with Crippen LogP contribution in [0.25, 0.3) is 0 Å². The fourth-order valence-electron chi connectivity index (χ4n) is 1.50. The van der Waals surface area contributed by atoms with E-state index in [4.69, 9.17) is 16.3 Å². The fourth-order valence-corrected chi connectivity index (χ4v) is 2.61. The molecule has 0 aliphatic carbocycles. The van der Waals surface area contributed by atoms with Crippen molar-refractivity contribution < 1.29 is 4.74 Å². The van der Waals surface area contributed by atoms with Crippen LogP contribution in [0.5, 0.6) is 5.75 Å². The average molecular weight is 306 g/mol. The first-order valence-corrected chi connectivity index (χ1v) is 6.89. The van der Waals surface area contributed by atoms with Crippen molar-refractivity contribution in [2.24, 2.45) is 5.92 Å². The molecule has 0 radical (unpaired) electrons. The molecule has 1 rings (SSSR count). The molecule has 0 fully saturated rings. The van der Waals surface area contributed by atoms with Gasteiger partial charge in [-0.3, -0.25) is 0 Å². The summed E-state index contributed by atoms with van der Waals surface area (Å²) in [7, 11) is 0. The largest absolute Gasteiger partial charge is 0.494 e. The Hall–Kier alpha value is -0.210. The van der Waals surface area contributed by atoms with Crippen LogP contribution in [-0.4, -0.2) is 6.61 Å². The molecule has 90 valence electrons. The van der Waals surface area contributed by atoms with Gasteiger partial charge in [0, 0.05) is 4.47 Å². The van der Waals surface area contributed by atoms with Gasteiger partial charge < -0.3 is 4.74 Å². The second kappa shape index (κ2) is 6.51. The molecule has 0 bridgehead atoms. The summed E-state index contributed by atoms with van der Waals surface area (Å²) in [5.41, 5.74) is 1.14. The van der Waals surface area contributed by atoms with Gasteiger partial charge in [0.2, 0.25) is 0 Å². The molecule has 3 heteroatoms. The standard InChI is InChI=1S/C13H18BrClO/c1-4-9(3)13(15)11-7-6-10(16-5-2)8-12(11)14/h6-9,13H,4-5H2,1-3H3. The molecule has 2 atom stereocenters. The van der Waals surface area contributed by atoms with Gasteiger partial charge in [-0.2, -0.15) is 0 Å². The zero-order valence-corrected chi connectivity index (χ0v) is 12.3. The highest BCUT2D eigenvalue weighted by atomic mass is 79.9. The second-order valence-electron chi connectivity index (χ2n) is 3.90. The summed E-state index contributed by atoms with van der Waals surface area (Å²) < 4.78 is 6.46. The molecule has 0 heterocycles. The lowest BCUT2D eigenvalue weighted by atomic mass is 9.98. The molecule has 16 heavy (non-hydrogen) atoms. The van der Waals surface area contributed by atoms with E-state index in [-0.39, 0.29) is 5.38 Å². The molecular formula is C13H18BrClO. The molecule has 2 unspecified atom stereocenters. The van der Waals surface area contributed by atoms with E-state index in [1.807, 2.05) is 25.1 Å². The number of hydrogen-bond acceptors (Lipinski definition) is 1. The lowest BCUT2D eigenvalue weighted by molar-refractivity contribution is 0.340. The van der Waals surface area contributed by atoms with Crippen molar-refractivity contribution in [1.29, 1.82) is 0 Å². The minimum absolute atomic E-state index is 0.0510. The summed E-state index contributed by atoms with van der Waals surface area (Å²) in [4.78, 5) is 0. The van der Waals surface area contributed by atoms with Crippen LogP contribution in [0.15, 0.2) is 22.7 Å². The quantitative estimate of drug-likeness (QED) is 0.682. The minimum atomic E-state index is 0.0510. The van der Waals surface area contributed by atoms with Gasteiger partial charge in [0.25, 0.3) is 0 Å². The molecule has 0 amide bonds. The maximum Gasteiger partial charge on any atom is 0.120 e. The van der Waals surface area contributed by atoms with Crippen molar-refractivity contribution in [2.45, 2.75) is 32.6 Å². The Labute approximate surface area is 111 Å². The van der Waals surface area contributed by atoms with Crippen LogP contribution in [0.4, 0.5) is 0 Å². The van der Waals surface area contributed by atoms with Gasteiger partial charge in [0.15, 0.2) is 0 Å². The lowest BCUT2D eigenvalue weighted by Gasteiger charge is -2.18. The molecule has 0 spiro atoms. The highest BCUT2D eigenvalue weighted by Gasteiger charge is 2.17. The van der Waals surface area contributed by atoms with E-state index in [9.17, 15) is 0 Å². The van der Waals surface area contributed by atoms with Crippen LogP contribution in [0, 0.1) is 5.92 Å². The van der Waals surface area contributed by atoms with E-state index in [1.54, 1.807) is 0 Å². The van der Waals surface area contributed by atoms with Crippen molar-refractivity contribution in [2.75, 3.05) is 6.61 Å². The Bertz CT molecular complexity index is 341. The highest BCUT2D eigenvalue weighted by molar-refractivity contribution is 9.10. The van der Waals surface area contributed by atoms with E-state index >= 15 is 0 Å². The Morgan fingerprint density at radius 1 is 1.38 bits per heavy atom. The smallest absolute Gasteiger partial charge is 0.120 e. The predicted molar refractivity (Wildman–Crippen MR) is 73.4 cm³/mol. The number of alkyl halides is 1. The van der Waals surface area contributed by atoms with E-state index in [1.165, 1.54) is 0 Å². The molecule has 0 aliphatic heterocycles. The van der Waals surface area contributed by atoms with Gasteiger partial charge in [-0.15, -0.1) is 11.6 Å². The summed E-state index contributed by atoms with van der Waals surface area (Å²) in [6.07, 6.45) is 1.08. The van der Waals surface area contributed by atoms with Gasteiger partial charge in [0.05, 0.1) is 12.0 Å². The van der Waals surface area contributed by atoms with E-state index in [0.717, 1.165) is 22.2 Å². The number of halogens is 2. The third-order valence-electron chi connectivity index (χ3n) is 2.72. The topological polar surface area (TPSA) is 9.23 Å². The third-order valence-corrected chi connectivity index (χ3v) is 4.08. The zero-order valence-electron chi connectivity index (χ0n) is 9.97. The van der Waals surface area contributed by atoms with Crippen molar-refractivity contribution in [3.63, 3.8) is 0 Å². The molecule has 0 aliphatic rings. The molecule has 1 aromatic rings. The summed E-state index contributed by atoms with van der Waals surface area (Å²) in [5, 5.41) is 0.0510. The normalized spacial score (nSPS) is 14.6. The second-order valence-corrected chi connectivity index (χ2v) is 5.23. The summed E-state index contributed by atoms with van der Waals surface area (Å²) in [6.45, 7) is 6.98. The number of ether oxygens (including phenoxy) is 1. The zero-order chi connectivity index (χ0) is 12.1. The van der Waals surface area contributed by atoms with Crippen LogP contribution in [-0.2, 0) is 0 Å². The van der Waals surface area contributed by atoms with E-state index in [0.29, 0.717) is 12.5 Å². The van der Waals surface area contributed by atoms with Crippen LogP contribution < -0.4 is 4.74 Å². The maximum atomic E-state index is 6.42. The highest BCUT2D eigenvalue weighted by Crippen LogP contribution is 2.36.